The molecule has 0 bridgehead atoms. The summed E-state index contributed by atoms with van der Waals surface area (Å²) in [7, 11) is 0. The van der Waals surface area contributed by atoms with Crippen molar-refractivity contribution in [1.82, 2.24) is 0 Å². The van der Waals surface area contributed by atoms with Crippen LogP contribution < -0.4 is 0 Å². The van der Waals surface area contributed by atoms with Crippen LogP contribution in [-0.4, -0.2) is 5.78 Å². The van der Waals surface area contributed by atoms with E-state index in [0.717, 1.165) is 29.3 Å². The molecular formula is C19H12F2O. The van der Waals surface area contributed by atoms with Crippen LogP contribution in [0.1, 0.15) is 15.9 Å². The standard InChI is InChI=1S/C19H12F2O/c20-16-10-11-18(21)17(12-16)19(22)15-8-6-14(7-9-15)13-4-2-1-3-5-13/h1-12H. The molecule has 0 spiro atoms. The van der Waals surface area contributed by atoms with Gasteiger partial charge in [-0.2, -0.15) is 0 Å². The maximum atomic E-state index is 13.7. The highest BCUT2D eigenvalue weighted by Crippen LogP contribution is 2.21. The van der Waals surface area contributed by atoms with Gasteiger partial charge >= 0.3 is 0 Å². The van der Waals surface area contributed by atoms with Gasteiger partial charge in [-0.05, 0) is 29.3 Å². The highest BCUT2D eigenvalue weighted by atomic mass is 19.1. The van der Waals surface area contributed by atoms with E-state index in [1.165, 1.54) is 0 Å². The molecule has 3 heteroatoms. The van der Waals surface area contributed by atoms with Crippen LogP contribution in [0.4, 0.5) is 8.78 Å². The molecule has 0 aliphatic rings. The summed E-state index contributed by atoms with van der Waals surface area (Å²) in [5.41, 5.74) is 2.05. The van der Waals surface area contributed by atoms with E-state index in [1.54, 1.807) is 24.3 Å². The Morgan fingerprint density at radius 2 is 1.36 bits per heavy atom. The summed E-state index contributed by atoms with van der Waals surface area (Å²) in [5, 5.41) is 0. The predicted octanol–water partition coefficient (Wildman–Crippen LogP) is 4.86. The third-order valence-corrected chi connectivity index (χ3v) is 3.43. The molecule has 3 aromatic carbocycles. The molecule has 3 rings (SSSR count). The van der Waals surface area contributed by atoms with Crippen LogP contribution in [0.3, 0.4) is 0 Å². The molecule has 0 heterocycles. The van der Waals surface area contributed by atoms with Crippen molar-refractivity contribution in [2.75, 3.05) is 0 Å². The van der Waals surface area contributed by atoms with Gasteiger partial charge in [0.2, 0.25) is 0 Å². The summed E-state index contributed by atoms with van der Waals surface area (Å²) in [4.78, 5) is 12.3. The number of halogens is 2. The molecule has 108 valence electrons. The van der Waals surface area contributed by atoms with Gasteiger partial charge in [-0.25, -0.2) is 8.78 Å². The largest absolute Gasteiger partial charge is 0.288 e. The second-order valence-electron chi connectivity index (χ2n) is 4.90. The number of hydrogen-bond donors (Lipinski definition) is 0. The first kappa shape index (κ1) is 14.1. The molecule has 0 aromatic heterocycles. The van der Waals surface area contributed by atoms with Crippen molar-refractivity contribution in [1.29, 1.82) is 0 Å². The van der Waals surface area contributed by atoms with Crippen LogP contribution >= 0.6 is 0 Å². The van der Waals surface area contributed by atoms with E-state index in [9.17, 15) is 13.6 Å². The second-order valence-corrected chi connectivity index (χ2v) is 4.90. The van der Waals surface area contributed by atoms with Crippen molar-refractivity contribution in [3.63, 3.8) is 0 Å². The molecule has 22 heavy (non-hydrogen) atoms. The van der Waals surface area contributed by atoms with Crippen molar-refractivity contribution in [3.8, 4) is 11.1 Å². The molecule has 0 aliphatic carbocycles. The first-order valence-corrected chi connectivity index (χ1v) is 6.80. The van der Waals surface area contributed by atoms with Gasteiger partial charge in [0.05, 0.1) is 5.56 Å². The number of ketones is 1. The quantitative estimate of drug-likeness (QED) is 0.630. The predicted molar refractivity (Wildman–Crippen MR) is 81.7 cm³/mol. The number of hydrogen-bond acceptors (Lipinski definition) is 1. The lowest BCUT2D eigenvalue weighted by Crippen LogP contribution is -2.04. The molecule has 0 radical (unpaired) electrons. The molecule has 1 nitrogen and oxygen atoms in total. The van der Waals surface area contributed by atoms with Gasteiger partial charge in [0.1, 0.15) is 11.6 Å². The Labute approximate surface area is 126 Å². The van der Waals surface area contributed by atoms with Gasteiger partial charge in [0, 0.05) is 5.56 Å². The van der Waals surface area contributed by atoms with E-state index in [1.807, 2.05) is 30.3 Å². The van der Waals surface area contributed by atoms with Crippen molar-refractivity contribution in [2.24, 2.45) is 0 Å². The van der Waals surface area contributed by atoms with Gasteiger partial charge in [-0.1, -0.05) is 54.6 Å². The number of benzene rings is 3. The maximum absolute atomic E-state index is 13.7. The fourth-order valence-corrected chi connectivity index (χ4v) is 2.27. The average molecular weight is 294 g/mol. The van der Waals surface area contributed by atoms with E-state index in [-0.39, 0.29) is 5.56 Å². The normalized spacial score (nSPS) is 10.5. The second kappa shape index (κ2) is 5.90. The Balaban J connectivity index is 1.93. The topological polar surface area (TPSA) is 17.1 Å². The first-order valence-electron chi connectivity index (χ1n) is 6.80. The Hall–Kier alpha value is -2.81. The highest BCUT2D eigenvalue weighted by Gasteiger charge is 2.15. The van der Waals surface area contributed by atoms with E-state index < -0.39 is 17.4 Å². The molecule has 0 unspecified atom stereocenters. The molecule has 0 atom stereocenters. The number of carbonyl (C=O) groups is 1. The lowest BCUT2D eigenvalue weighted by molar-refractivity contribution is 0.103. The minimum absolute atomic E-state index is 0.257. The number of rotatable bonds is 3. The maximum Gasteiger partial charge on any atom is 0.196 e. The van der Waals surface area contributed by atoms with Crippen LogP contribution in [0.15, 0.2) is 72.8 Å². The SMILES string of the molecule is O=C(c1ccc(-c2ccccc2)cc1)c1cc(F)ccc1F. The molecule has 0 aliphatic heterocycles. The summed E-state index contributed by atoms with van der Waals surface area (Å²) < 4.78 is 26.9. The van der Waals surface area contributed by atoms with Crippen LogP contribution in [0.5, 0.6) is 0 Å². The van der Waals surface area contributed by atoms with Crippen LogP contribution in [-0.2, 0) is 0 Å². The molecule has 0 amide bonds. The Kier molecular flexibility index (Phi) is 3.79. The molecule has 0 saturated heterocycles. The van der Waals surface area contributed by atoms with Gasteiger partial charge in [0.15, 0.2) is 5.78 Å². The van der Waals surface area contributed by atoms with E-state index in [0.29, 0.717) is 5.56 Å². The summed E-state index contributed by atoms with van der Waals surface area (Å²) in [6.07, 6.45) is 0. The summed E-state index contributed by atoms with van der Waals surface area (Å²) in [5.74, 6) is -1.89. The molecule has 0 N–H and O–H groups in total. The van der Waals surface area contributed by atoms with Crippen LogP contribution in [0.2, 0.25) is 0 Å². The molecule has 0 fully saturated rings. The van der Waals surface area contributed by atoms with Crippen LogP contribution in [0, 0.1) is 11.6 Å². The summed E-state index contributed by atoms with van der Waals surface area (Å²) in [6.45, 7) is 0. The third kappa shape index (κ3) is 2.79. The van der Waals surface area contributed by atoms with Crippen molar-refractivity contribution in [3.05, 3.63) is 95.6 Å². The summed E-state index contributed by atoms with van der Waals surface area (Å²) in [6, 6.07) is 19.4. The Bertz CT molecular complexity index is 809. The summed E-state index contributed by atoms with van der Waals surface area (Å²) >= 11 is 0. The van der Waals surface area contributed by atoms with Crippen molar-refractivity contribution in [2.45, 2.75) is 0 Å². The smallest absolute Gasteiger partial charge is 0.196 e. The molecule has 0 saturated carbocycles. The van der Waals surface area contributed by atoms with E-state index >= 15 is 0 Å². The lowest BCUT2D eigenvalue weighted by atomic mass is 9.99. The van der Waals surface area contributed by atoms with Gasteiger partial charge in [-0.3, -0.25) is 4.79 Å². The average Bonchev–Trinajstić information content (AvgIpc) is 2.57. The fourth-order valence-electron chi connectivity index (χ4n) is 2.27. The zero-order chi connectivity index (χ0) is 15.5. The zero-order valence-electron chi connectivity index (χ0n) is 11.6. The highest BCUT2D eigenvalue weighted by molar-refractivity contribution is 6.09. The van der Waals surface area contributed by atoms with Crippen molar-refractivity contribution < 1.29 is 13.6 Å². The first-order chi connectivity index (χ1) is 10.6. The van der Waals surface area contributed by atoms with E-state index in [4.69, 9.17) is 0 Å². The number of carbonyl (C=O) groups excluding carboxylic acids is 1. The van der Waals surface area contributed by atoms with Gasteiger partial charge < -0.3 is 0 Å². The lowest BCUT2D eigenvalue weighted by Gasteiger charge is -2.05. The monoisotopic (exact) mass is 294 g/mol. The van der Waals surface area contributed by atoms with Crippen molar-refractivity contribution >= 4 is 5.78 Å². The van der Waals surface area contributed by atoms with Gasteiger partial charge in [0.25, 0.3) is 0 Å². The molecule has 3 aromatic rings. The fraction of sp³-hybridized carbons (Fsp3) is 0. The van der Waals surface area contributed by atoms with Crippen LogP contribution in [0.25, 0.3) is 11.1 Å². The van der Waals surface area contributed by atoms with Gasteiger partial charge in [-0.15, -0.1) is 0 Å². The molecular weight excluding hydrogens is 282 g/mol. The minimum atomic E-state index is -0.724. The third-order valence-electron chi connectivity index (χ3n) is 3.43. The minimum Gasteiger partial charge on any atom is -0.288 e. The van der Waals surface area contributed by atoms with E-state index in [2.05, 4.69) is 0 Å². The Morgan fingerprint density at radius 1 is 0.727 bits per heavy atom. The Morgan fingerprint density at radius 3 is 2.05 bits per heavy atom. The zero-order valence-corrected chi connectivity index (χ0v) is 11.6.